The fraction of sp³-hybridized carbons (Fsp3) is 0.450. The Labute approximate surface area is 158 Å². The molecule has 0 N–H and O–H groups in total. The lowest BCUT2D eigenvalue weighted by Crippen LogP contribution is -2.26. The predicted molar refractivity (Wildman–Crippen MR) is 107 cm³/mol. The molecule has 0 spiro atoms. The summed E-state index contributed by atoms with van der Waals surface area (Å²) in [6.45, 7) is 10.9. The Kier molecular flexibility index (Phi) is 5.84. The van der Waals surface area contributed by atoms with Crippen molar-refractivity contribution in [3.8, 4) is 0 Å². The van der Waals surface area contributed by atoms with Gasteiger partial charge >= 0.3 is 0 Å². The van der Waals surface area contributed by atoms with Gasteiger partial charge in [-0.15, -0.1) is 0 Å². The van der Waals surface area contributed by atoms with E-state index in [0.717, 1.165) is 30.2 Å². The maximum atomic E-state index is 12.4. The number of rotatable bonds is 7. The molecule has 26 heavy (non-hydrogen) atoms. The van der Waals surface area contributed by atoms with Crippen LogP contribution in [-0.2, 0) is 13.1 Å². The number of benzene rings is 1. The number of hydrogen-bond donors (Lipinski definition) is 0. The van der Waals surface area contributed by atoms with Crippen LogP contribution in [0, 0.1) is 6.92 Å². The number of aryl methyl sites for hydroxylation is 1. The molecule has 0 bridgehead atoms. The van der Waals surface area contributed by atoms with Crippen LogP contribution in [0.25, 0.3) is 4.96 Å². The van der Waals surface area contributed by atoms with E-state index in [-0.39, 0.29) is 5.56 Å². The Balaban J connectivity index is 1.83. The zero-order chi connectivity index (χ0) is 18.7. The molecule has 0 amide bonds. The number of hydrogen-bond acceptors (Lipinski definition) is 5. The molecule has 0 radical (unpaired) electrons. The molecule has 0 unspecified atom stereocenters. The zero-order valence-corrected chi connectivity index (χ0v) is 16.7. The summed E-state index contributed by atoms with van der Waals surface area (Å²) in [5, 5.41) is 5.33. The standard InChI is InChI=1S/C20H26N4OS/c1-5-10-23(12-16-8-6-15(4)7-9-16)13-17-11-18(25)24-20(21-17)26-19(22-24)14(2)3/h6-9,11,14H,5,10,12-13H2,1-4H3. The van der Waals surface area contributed by atoms with E-state index in [1.165, 1.54) is 27.0 Å². The minimum Gasteiger partial charge on any atom is -0.293 e. The molecular weight excluding hydrogens is 344 g/mol. The highest BCUT2D eigenvalue weighted by atomic mass is 32.1. The molecule has 0 fully saturated rings. The number of nitrogens with zero attached hydrogens (tertiary/aromatic N) is 4. The predicted octanol–water partition coefficient (Wildman–Crippen LogP) is 4.00. The molecule has 3 aromatic rings. The molecule has 0 aliphatic carbocycles. The van der Waals surface area contributed by atoms with Gasteiger partial charge in [-0.2, -0.15) is 9.61 Å². The fourth-order valence-electron chi connectivity index (χ4n) is 2.90. The van der Waals surface area contributed by atoms with Crippen LogP contribution in [0.3, 0.4) is 0 Å². The van der Waals surface area contributed by atoms with E-state index >= 15 is 0 Å². The average molecular weight is 371 g/mol. The lowest BCUT2D eigenvalue weighted by Gasteiger charge is -2.21. The van der Waals surface area contributed by atoms with Gasteiger partial charge < -0.3 is 0 Å². The van der Waals surface area contributed by atoms with Crippen LogP contribution in [0.5, 0.6) is 0 Å². The van der Waals surface area contributed by atoms with Crippen LogP contribution in [0.15, 0.2) is 35.1 Å². The van der Waals surface area contributed by atoms with E-state index in [4.69, 9.17) is 4.98 Å². The van der Waals surface area contributed by atoms with E-state index in [9.17, 15) is 4.79 Å². The Morgan fingerprint density at radius 1 is 1.19 bits per heavy atom. The molecule has 3 rings (SSSR count). The third-order valence-electron chi connectivity index (χ3n) is 4.26. The van der Waals surface area contributed by atoms with E-state index in [0.29, 0.717) is 17.4 Å². The quantitative estimate of drug-likeness (QED) is 0.631. The van der Waals surface area contributed by atoms with Crippen LogP contribution in [-0.4, -0.2) is 26.0 Å². The van der Waals surface area contributed by atoms with Crippen molar-refractivity contribution < 1.29 is 0 Å². The summed E-state index contributed by atoms with van der Waals surface area (Å²) in [5.74, 6) is 0.294. The highest BCUT2D eigenvalue weighted by Gasteiger charge is 2.13. The van der Waals surface area contributed by atoms with Crippen molar-refractivity contribution in [1.29, 1.82) is 0 Å². The molecular formula is C20H26N4OS. The third kappa shape index (κ3) is 4.37. The largest absolute Gasteiger partial charge is 0.293 e. The highest BCUT2D eigenvalue weighted by molar-refractivity contribution is 7.16. The second kappa shape index (κ2) is 8.10. The summed E-state index contributed by atoms with van der Waals surface area (Å²) in [4.78, 5) is 20.1. The van der Waals surface area contributed by atoms with Gasteiger partial charge in [0.05, 0.1) is 5.69 Å². The Morgan fingerprint density at radius 3 is 2.58 bits per heavy atom. The lowest BCUT2D eigenvalue weighted by molar-refractivity contribution is 0.254. The van der Waals surface area contributed by atoms with Crippen LogP contribution in [0.2, 0.25) is 0 Å². The summed E-state index contributed by atoms with van der Waals surface area (Å²) in [7, 11) is 0. The maximum absolute atomic E-state index is 12.4. The minimum atomic E-state index is -0.0973. The first-order valence-corrected chi connectivity index (χ1v) is 9.95. The topological polar surface area (TPSA) is 50.5 Å². The highest BCUT2D eigenvalue weighted by Crippen LogP contribution is 2.20. The smallest absolute Gasteiger partial charge is 0.275 e. The Morgan fingerprint density at radius 2 is 1.92 bits per heavy atom. The van der Waals surface area contributed by atoms with Gasteiger partial charge in [0.1, 0.15) is 5.01 Å². The van der Waals surface area contributed by atoms with Gasteiger partial charge in [-0.05, 0) is 25.5 Å². The summed E-state index contributed by atoms with van der Waals surface area (Å²) in [6.07, 6.45) is 1.06. The zero-order valence-electron chi connectivity index (χ0n) is 15.9. The van der Waals surface area contributed by atoms with Gasteiger partial charge in [-0.25, -0.2) is 4.98 Å². The summed E-state index contributed by atoms with van der Waals surface area (Å²) in [6, 6.07) is 10.2. The molecule has 2 heterocycles. The molecule has 0 aliphatic heterocycles. The van der Waals surface area contributed by atoms with Crippen molar-refractivity contribution in [2.24, 2.45) is 0 Å². The average Bonchev–Trinajstić information content (AvgIpc) is 3.02. The monoisotopic (exact) mass is 370 g/mol. The number of fused-ring (bicyclic) bond motifs is 1. The van der Waals surface area contributed by atoms with Crippen LogP contribution >= 0.6 is 11.3 Å². The second-order valence-corrected chi connectivity index (χ2v) is 8.06. The second-order valence-electron chi connectivity index (χ2n) is 7.07. The molecule has 2 aromatic heterocycles. The van der Waals surface area contributed by atoms with Gasteiger partial charge in [0.25, 0.3) is 5.56 Å². The fourth-order valence-corrected chi connectivity index (χ4v) is 3.82. The number of aromatic nitrogens is 3. The maximum Gasteiger partial charge on any atom is 0.275 e. The van der Waals surface area contributed by atoms with Crippen molar-refractivity contribution in [3.63, 3.8) is 0 Å². The Hall–Kier alpha value is -2.05. The molecule has 5 nitrogen and oxygen atoms in total. The van der Waals surface area contributed by atoms with Gasteiger partial charge in [0, 0.05) is 25.1 Å². The van der Waals surface area contributed by atoms with Crippen molar-refractivity contribution in [3.05, 3.63) is 62.5 Å². The first kappa shape index (κ1) is 18.7. The normalized spacial score (nSPS) is 11.8. The Bertz CT molecular complexity index is 927. The van der Waals surface area contributed by atoms with E-state index < -0.39 is 0 Å². The summed E-state index contributed by atoms with van der Waals surface area (Å²) in [5.41, 5.74) is 3.26. The van der Waals surface area contributed by atoms with E-state index in [1.807, 2.05) is 0 Å². The van der Waals surface area contributed by atoms with Gasteiger partial charge in [-0.1, -0.05) is 61.9 Å². The van der Waals surface area contributed by atoms with E-state index in [1.54, 1.807) is 6.07 Å². The van der Waals surface area contributed by atoms with Crippen LogP contribution in [0.1, 0.15) is 54.9 Å². The molecule has 0 atom stereocenters. The molecule has 138 valence electrons. The molecule has 0 saturated carbocycles. The minimum absolute atomic E-state index is 0.0973. The first-order chi connectivity index (χ1) is 12.5. The first-order valence-electron chi connectivity index (χ1n) is 9.14. The van der Waals surface area contributed by atoms with Crippen molar-refractivity contribution in [2.75, 3.05) is 6.54 Å². The molecule has 6 heteroatoms. The van der Waals surface area contributed by atoms with Crippen molar-refractivity contribution in [2.45, 2.75) is 53.1 Å². The van der Waals surface area contributed by atoms with Gasteiger partial charge in [0.2, 0.25) is 4.96 Å². The van der Waals surface area contributed by atoms with Gasteiger partial charge in [0.15, 0.2) is 0 Å². The molecule has 0 aliphatic rings. The molecule has 1 aromatic carbocycles. The van der Waals surface area contributed by atoms with E-state index in [2.05, 4.69) is 62.0 Å². The third-order valence-corrected chi connectivity index (χ3v) is 5.47. The summed E-state index contributed by atoms with van der Waals surface area (Å²) >= 11 is 1.50. The SMILES string of the molecule is CCCN(Cc1ccc(C)cc1)Cc1cc(=O)n2nc(C(C)C)sc2n1. The lowest BCUT2D eigenvalue weighted by atomic mass is 10.1. The summed E-state index contributed by atoms with van der Waals surface area (Å²) < 4.78 is 1.42. The van der Waals surface area contributed by atoms with Crippen molar-refractivity contribution in [1.82, 2.24) is 19.5 Å². The molecule has 0 saturated heterocycles. The van der Waals surface area contributed by atoms with Gasteiger partial charge in [-0.3, -0.25) is 9.69 Å². The van der Waals surface area contributed by atoms with Crippen molar-refractivity contribution >= 4 is 16.3 Å². The van der Waals surface area contributed by atoms with Crippen LogP contribution in [0.4, 0.5) is 0 Å². The van der Waals surface area contributed by atoms with Crippen LogP contribution < -0.4 is 5.56 Å².